The maximum atomic E-state index is 6.88. The van der Waals surface area contributed by atoms with Gasteiger partial charge in [-0.1, -0.05) is 22.0 Å². The molecule has 0 aliphatic rings. The first-order valence-corrected chi connectivity index (χ1v) is 4.57. The van der Waals surface area contributed by atoms with Crippen LogP contribution in [-0.2, 0) is 0 Å². The Labute approximate surface area is 81.4 Å². The third-order valence-corrected chi connectivity index (χ3v) is 2.75. The molecule has 12 heavy (non-hydrogen) atoms. The third kappa shape index (κ3) is 1.86. The highest BCUT2D eigenvalue weighted by atomic mass is 79.9. The van der Waals surface area contributed by atoms with Crippen molar-refractivity contribution in [3.63, 3.8) is 0 Å². The highest BCUT2D eigenvalue weighted by molar-refractivity contribution is 9.10. The molecule has 1 aromatic rings. The minimum absolute atomic E-state index is 0.0307. The smallest absolute Gasteiger partial charge is 0.245 e. The number of hydrogen-bond acceptors (Lipinski definition) is 0. The summed E-state index contributed by atoms with van der Waals surface area (Å²) < 4.78 is 1.10. The fourth-order valence-corrected chi connectivity index (χ4v) is 1.25. The molecule has 0 aliphatic heterocycles. The van der Waals surface area contributed by atoms with E-state index in [0.717, 1.165) is 10.0 Å². The average Bonchev–Trinajstić information content (AvgIpc) is 2.08. The van der Waals surface area contributed by atoms with Crippen LogP contribution in [0.5, 0.6) is 0 Å². The predicted molar refractivity (Wildman–Crippen MR) is 53.9 cm³/mol. The zero-order valence-electron chi connectivity index (χ0n) is 7.13. The fourth-order valence-electron chi connectivity index (χ4n) is 1.00. The zero-order chi connectivity index (χ0) is 9.14. The van der Waals surface area contributed by atoms with E-state index in [0.29, 0.717) is 0 Å². The largest absolute Gasteiger partial charge is 0.309 e. The minimum Gasteiger partial charge on any atom is -0.309 e. The van der Waals surface area contributed by atoms with Crippen LogP contribution in [0.2, 0.25) is 0 Å². The lowest BCUT2D eigenvalue weighted by Crippen LogP contribution is -1.87. The van der Waals surface area contributed by atoms with E-state index in [1.165, 1.54) is 5.56 Å². The summed E-state index contributed by atoms with van der Waals surface area (Å²) in [6.45, 7) is 10.8. The molecule has 62 valence electrons. The number of aryl methyl sites for hydroxylation is 1. The molecule has 0 fully saturated rings. The first kappa shape index (κ1) is 9.28. The number of nitrogens with zero attached hydrogens (tertiary/aromatic N) is 1. The summed E-state index contributed by atoms with van der Waals surface area (Å²) in [6.07, 6.45) is 0. The Morgan fingerprint density at radius 3 is 2.67 bits per heavy atom. The zero-order valence-corrected chi connectivity index (χ0v) is 8.72. The Hall–Kier alpha value is -0.810. The summed E-state index contributed by atoms with van der Waals surface area (Å²) >= 11 is 3.42. The standard InChI is InChI=1S/C10H10BrN/c1-7-6-9(8(2)12-3)4-5-10(7)11/h4-6,8H,1-2H3. The molecule has 0 N–H and O–H groups in total. The van der Waals surface area contributed by atoms with Crippen molar-refractivity contribution in [1.82, 2.24) is 0 Å². The summed E-state index contributed by atoms with van der Waals surface area (Å²) in [5.41, 5.74) is 2.27. The van der Waals surface area contributed by atoms with Gasteiger partial charge in [-0.3, -0.25) is 0 Å². The van der Waals surface area contributed by atoms with Crippen LogP contribution in [0.1, 0.15) is 24.1 Å². The minimum atomic E-state index is -0.0307. The van der Waals surface area contributed by atoms with E-state index < -0.39 is 0 Å². The van der Waals surface area contributed by atoms with E-state index in [1.807, 2.05) is 32.0 Å². The van der Waals surface area contributed by atoms with Crippen LogP contribution in [0, 0.1) is 13.5 Å². The Morgan fingerprint density at radius 1 is 1.50 bits per heavy atom. The van der Waals surface area contributed by atoms with Gasteiger partial charge in [-0.05, 0) is 24.6 Å². The second-order valence-electron chi connectivity index (χ2n) is 2.81. The topological polar surface area (TPSA) is 4.36 Å². The number of rotatable bonds is 1. The van der Waals surface area contributed by atoms with Crippen molar-refractivity contribution in [3.8, 4) is 0 Å². The highest BCUT2D eigenvalue weighted by Crippen LogP contribution is 2.22. The van der Waals surface area contributed by atoms with Gasteiger partial charge in [0, 0.05) is 17.0 Å². The quantitative estimate of drug-likeness (QED) is 0.640. The average molecular weight is 224 g/mol. The van der Waals surface area contributed by atoms with Gasteiger partial charge in [0.1, 0.15) is 0 Å². The van der Waals surface area contributed by atoms with Gasteiger partial charge in [0.15, 0.2) is 0 Å². The molecule has 0 amide bonds. The van der Waals surface area contributed by atoms with Crippen LogP contribution in [0.15, 0.2) is 22.7 Å². The molecular formula is C10H10BrN. The first-order chi connectivity index (χ1) is 5.65. The lowest BCUT2D eigenvalue weighted by molar-refractivity contribution is 0.957. The Bertz CT molecular complexity index is 325. The van der Waals surface area contributed by atoms with Crippen molar-refractivity contribution in [1.29, 1.82) is 0 Å². The molecular weight excluding hydrogens is 214 g/mol. The van der Waals surface area contributed by atoms with Crippen molar-refractivity contribution in [2.45, 2.75) is 19.9 Å². The lowest BCUT2D eigenvalue weighted by atomic mass is 10.1. The van der Waals surface area contributed by atoms with E-state index in [2.05, 4.69) is 20.8 Å². The monoisotopic (exact) mass is 223 g/mol. The molecule has 0 aliphatic carbocycles. The molecule has 1 nitrogen and oxygen atoms in total. The van der Waals surface area contributed by atoms with E-state index >= 15 is 0 Å². The van der Waals surface area contributed by atoms with Gasteiger partial charge in [0.05, 0.1) is 0 Å². The van der Waals surface area contributed by atoms with E-state index in [4.69, 9.17) is 6.57 Å². The van der Waals surface area contributed by atoms with Crippen molar-refractivity contribution < 1.29 is 0 Å². The van der Waals surface area contributed by atoms with Crippen LogP contribution in [0.4, 0.5) is 0 Å². The molecule has 1 unspecified atom stereocenters. The maximum Gasteiger partial charge on any atom is 0.245 e. The van der Waals surface area contributed by atoms with Gasteiger partial charge in [0.25, 0.3) is 0 Å². The van der Waals surface area contributed by atoms with Gasteiger partial charge < -0.3 is 4.85 Å². The van der Waals surface area contributed by atoms with Gasteiger partial charge in [-0.15, -0.1) is 0 Å². The van der Waals surface area contributed by atoms with E-state index in [-0.39, 0.29) is 6.04 Å². The van der Waals surface area contributed by atoms with Gasteiger partial charge in [0.2, 0.25) is 6.04 Å². The molecule has 1 atom stereocenters. The molecule has 0 bridgehead atoms. The maximum absolute atomic E-state index is 6.88. The third-order valence-electron chi connectivity index (χ3n) is 1.86. The van der Waals surface area contributed by atoms with E-state index in [1.54, 1.807) is 0 Å². The number of benzene rings is 1. The molecule has 0 saturated carbocycles. The predicted octanol–water partition coefficient (Wildman–Crippen LogP) is 3.74. The fraction of sp³-hybridized carbons (Fsp3) is 0.300. The molecule has 2 heteroatoms. The molecule has 1 aromatic carbocycles. The van der Waals surface area contributed by atoms with E-state index in [9.17, 15) is 0 Å². The normalized spacial score (nSPS) is 12.2. The SMILES string of the molecule is [C-]#[N+]C(C)c1ccc(Br)c(C)c1. The second-order valence-corrected chi connectivity index (χ2v) is 3.67. The van der Waals surface area contributed by atoms with Crippen molar-refractivity contribution in [2.75, 3.05) is 0 Å². The molecule has 0 aromatic heterocycles. The van der Waals surface area contributed by atoms with Crippen LogP contribution in [0.25, 0.3) is 4.85 Å². The highest BCUT2D eigenvalue weighted by Gasteiger charge is 2.08. The second kappa shape index (κ2) is 3.73. The Kier molecular flexibility index (Phi) is 2.88. The number of halogens is 1. The van der Waals surface area contributed by atoms with Crippen LogP contribution in [0.3, 0.4) is 0 Å². The van der Waals surface area contributed by atoms with Crippen LogP contribution in [-0.4, -0.2) is 0 Å². The summed E-state index contributed by atoms with van der Waals surface area (Å²) in [7, 11) is 0. The summed E-state index contributed by atoms with van der Waals surface area (Å²) in [5.74, 6) is 0. The molecule has 0 radical (unpaired) electrons. The van der Waals surface area contributed by atoms with Crippen molar-refractivity contribution >= 4 is 15.9 Å². The van der Waals surface area contributed by atoms with Gasteiger partial charge in [-0.2, -0.15) is 0 Å². The van der Waals surface area contributed by atoms with Gasteiger partial charge >= 0.3 is 0 Å². The summed E-state index contributed by atoms with van der Waals surface area (Å²) in [4.78, 5) is 3.46. The summed E-state index contributed by atoms with van der Waals surface area (Å²) in [6, 6.07) is 6.00. The lowest BCUT2D eigenvalue weighted by Gasteiger charge is -2.02. The Balaban J connectivity index is 3.06. The van der Waals surface area contributed by atoms with Gasteiger partial charge in [-0.25, -0.2) is 6.57 Å². The molecule has 1 rings (SSSR count). The molecule has 0 spiro atoms. The van der Waals surface area contributed by atoms with Crippen molar-refractivity contribution in [2.24, 2.45) is 0 Å². The van der Waals surface area contributed by atoms with Crippen LogP contribution < -0.4 is 0 Å². The van der Waals surface area contributed by atoms with Crippen LogP contribution >= 0.6 is 15.9 Å². The number of hydrogen-bond donors (Lipinski definition) is 0. The Morgan fingerprint density at radius 2 is 2.17 bits per heavy atom. The summed E-state index contributed by atoms with van der Waals surface area (Å²) in [5, 5.41) is 0. The molecule has 0 heterocycles. The van der Waals surface area contributed by atoms with Crippen molar-refractivity contribution in [3.05, 3.63) is 45.2 Å². The first-order valence-electron chi connectivity index (χ1n) is 3.77. The molecule has 0 saturated heterocycles.